The van der Waals surface area contributed by atoms with E-state index in [-0.39, 0.29) is 5.96 Å². The Balaban J connectivity index is 2.71. The minimum absolute atomic E-state index is 0.0341. The molecule has 0 aromatic heterocycles. The first-order chi connectivity index (χ1) is 10.2. The Kier molecular flexibility index (Phi) is 7.94. The van der Waals surface area contributed by atoms with Crippen molar-refractivity contribution in [2.24, 2.45) is 21.7 Å². The highest BCUT2D eigenvalue weighted by atomic mass is 15.3. The molecule has 5 heteroatoms. The standard InChI is InChI=1S/C16H27N5/c1-3-5-11-21(12-6-4-2)15-9-7-14(8-10-15)13-19-20-16(17)18/h7-10,13H,3-6,11-12H2,1-2H3,(H4,17,18,20). The fourth-order valence-corrected chi connectivity index (χ4v) is 2.00. The van der Waals surface area contributed by atoms with Crippen molar-refractivity contribution < 1.29 is 0 Å². The van der Waals surface area contributed by atoms with Crippen molar-refractivity contribution in [1.82, 2.24) is 0 Å². The van der Waals surface area contributed by atoms with E-state index in [2.05, 4.69) is 41.1 Å². The van der Waals surface area contributed by atoms with Gasteiger partial charge in [0.15, 0.2) is 0 Å². The second kappa shape index (κ2) is 9.80. The smallest absolute Gasteiger partial charge is 0.211 e. The number of guanidine groups is 1. The second-order valence-electron chi connectivity index (χ2n) is 5.06. The second-order valence-corrected chi connectivity index (χ2v) is 5.06. The van der Waals surface area contributed by atoms with Gasteiger partial charge in [-0.2, -0.15) is 5.10 Å². The van der Waals surface area contributed by atoms with Crippen molar-refractivity contribution in [2.75, 3.05) is 18.0 Å². The van der Waals surface area contributed by atoms with Gasteiger partial charge in [0.1, 0.15) is 0 Å². The van der Waals surface area contributed by atoms with Gasteiger partial charge in [0.2, 0.25) is 5.96 Å². The van der Waals surface area contributed by atoms with Crippen LogP contribution in [-0.2, 0) is 0 Å². The number of hydrogen-bond acceptors (Lipinski definition) is 3. The van der Waals surface area contributed by atoms with Crippen LogP contribution in [-0.4, -0.2) is 25.3 Å². The van der Waals surface area contributed by atoms with Crippen LogP contribution in [0.2, 0.25) is 0 Å². The van der Waals surface area contributed by atoms with E-state index < -0.39 is 0 Å². The molecule has 0 heterocycles. The number of rotatable bonds is 9. The van der Waals surface area contributed by atoms with Gasteiger partial charge in [-0.3, -0.25) is 0 Å². The molecule has 1 aromatic rings. The van der Waals surface area contributed by atoms with Gasteiger partial charge in [0.05, 0.1) is 6.21 Å². The molecule has 0 saturated heterocycles. The molecule has 0 amide bonds. The highest BCUT2D eigenvalue weighted by Gasteiger charge is 2.05. The van der Waals surface area contributed by atoms with Crippen molar-refractivity contribution in [3.05, 3.63) is 29.8 Å². The summed E-state index contributed by atoms with van der Waals surface area (Å²) in [6.45, 7) is 6.67. The minimum atomic E-state index is -0.0341. The normalized spacial score (nSPS) is 10.8. The van der Waals surface area contributed by atoms with E-state index in [9.17, 15) is 0 Å². The molecule has 0 unspecified atom stereocenters. The fraction of sp³-hybridized carbons (Fsp3) is 0.500. The summed E-state index contributed by atoms with van der Waals surface area (Å²) in [7, 11) is 0. The lowest BCUT2D eigenvalue weighted by molar-refractivity contribution is 0.678. The number of nitrogens with two attached hydrogens (primary N) is 2. The summed E-state index contributed by atoms with van der Waals surface area (Å²) >= 11 is 0. The molecule has 0 bridgehead atoms. The zero-order valence-corrected chi connectivity index (χ0v) is 13.1. The largest absolute Gasteiger partial charge is 0.372 e. The lowest BCUT2D eigenvalue weighted by Gasteiger charge is -2.24. The molecule has 0 radical (unpaired) electrons. The Hall–Kier alpha value is -2.04. The summed E-state index contributed by atoms with van der Waals surface area (Å²) < 4.78 is 0. The van der Waals surface area contributed by atoms with E-state index in [1.165, 1.54) is 31.4 Å². The summed E-state index contributed by atoms with van der Waals surface area (Å²) in [6.07, 6.45) is 6.51. The third kappa shape index (κ3) is 6.79. The summed E-state index contributed by atoms with van der Waals surface area (Å²) in [6, 6.07) is 8.32. The molecule has 0 fully saturated rings. The summed E-state index contributed by atoms with van der Waals surface area (Å²) in [5.41, 5.74) is 12.7. The van der Waals surface area contributed by atoms with Crippen molar-refractivity contribution in [3.8, 4) is 0 Å². The molecule has 116 valence electrons. The van der Waals surface area contributed by atoms with Gasteiger partial charge < -0.3 is 16.4 Å². The van der Waals surface area contributed by atoms with Crippen LogP contribution < -0.4 is 16.4 Å². The number of hydrogen-bond donors (Lipinski definition) is 2. The van der Waals surface area contributed by atoms with Gasteiger partial charge in [-0.15, -0.1) is 5.10 Å². The average molecular weight is 289 g/mol. The zero-order chi connectivity index (χ0) is 15.5. The van der Waals surface area contributed by atoms with Crippen molar-refractivity contribution in [2.45, 2.75) is 39.5 Å². The van der Waals surface area contributed by atoms with Crippen LogP contribution in [0.15, 0.2) is 34.5 Å². The molecule has 21 heavy (non-hydrogen) atoms. The van der Waals surface area contributed by atoms with E-state index in [1.54, 1.807) is 6.21 Å². The van der Waals surface area contributed by atoms with Gasteiger partial charge in [-0.1, -0.05) is 38.8 Å². The monoisotopic (exact) mass is 289 g/mol. The Morgan fingerprint density at radius 3 is 2.10 bits per heavy atom. The average Bonchev–Trinajstić information content (AvgIpc) is 2.48. The van der Waals surface area contributed by atoms with Gasteiger partial charge in [-0.05, 0) is 30.5 Å². The lowest BCUT2D eigenvalue weighted by Crippen LogP contribution is -2.25. The predicted molar refractivity (Wildman–Crippen MR) is 91.9 cm³/mol. The first-order valence-corrected chi connectivity index (χ1v) is 7.64. The van der Waals surface area contributed by atoms with Crippen LogP contribution in [0.3, 0.4) is 0 Å². The summed E-state index contributed by atoms with van der Waals surface area (Å²) in [5.74, 6) is -0.0341. The molecular formula is C16H27N5. The molecule has 0 spiro atoms. The maximum atomic E-state index is 5.22. The molecule has 0 aliphatic carbocycles. The highest BCUT2D eigenvalue weighted by Crippen LogP contribution is 2.16. The zero-order valence-electron chi connectivity index (χ0n) is 13.1. The molecule has 0 aliphatic heterocycles. The quantitative estimate of drug-likeness (QED) is 0.417. The topological polar surface area (TPSA) is 80.0 Å². The third-order valence-electron chi connectivity index (χ3n) is 3.20. The van der Waals surface area contributed by atoms with Crippen molar-refractivity contribution in [1.29, 1.82) is 0 Å². The van der Waals surface area contributed by atoms with Gasteiger partial charge >= 0.3 is 0 Å². The van der Waals surface area contributed by atoms with Crippen molar-refractivity contribution >= 4 is 17.9 Å². The van der Waals surface area contributed by atoms with Gasteiger partial charge in [-0.25, -0.2) is 0 Å². The van der Waals surface area contributed by atoms with Gasteiger partial charge in [0.25, 0.3) is 0 Å². The van der Waals surface area contributed by atoms with E-state index >= 15 is 0 Å². The van der Waals surface area contributed by atoms with Crippen molar-refractivity contribution in [3.63, 3.8) is 0 Å². The number of anilines is 1. The Morgan fingerprint density at radius 1 is 1.05 bits per heavy atom. The van der Waals surface area contributed by atoms with Crippen LogP contribution in [0.1, 0.15) is 45.1 Å². The van der Waals surface area contributed by atoms with Crippen LogP contribution >= 0.6 is 0 Å². The highest BCUT2D eigenvalue weighted by molar-refractivity contribution is 5.82. The van der Waals surface area contributed by atoms with E-state index in [4.69, 9.17) is 11.5 Å². The Bertz CT molecular complexity index is 438. The Labute approximate surface area is 127 Å². The van der Waals surface area contributed by atoms with Crippen LogP contribution in [0.4, 0.5) is 5.69 Å². The molecule has 0 aliphatic rings. The number of benzene rings is 1. The van der Waals surface area contributed by atoms with E-state index in [0.717, 1.165) is 18.7 Å². The van der Waals surface area contributed by atoms with E-state index in [1.807, 2.05) is 12.1 Å². The number of unbranched alkanes of at least 4 members (excludes halogenated alkanes) is 2. The van der Waals surface area contributed by atoms with Crippen LogP contribution in [0.25, 0.3) is 0 Å². The minimum Gasteiger partial charge on any atom is -0.372 e. The SMILES string of the molecule is CCCCN(CCCC)c1ccc(C=NN=C(N)N)cc1. The molecule has 4 N–H and O–H groups in total. The first kappa shape index (κ1) is 17.0. The molecule has 5 nitrogen and oxygen atoms in total. The lowest BCUT2D eigenvalue weighted by atomic mass is 10.2. The molecule has 0 saturated carbocycles. The molecule has 0 atom stereocenters. The predicted octanol–water partition coefficient (Wildman–Crippen LogP) is 2.70. The summed E-state index contributed by atoms with van der Waals surface area (Å²) in [4.78, 5) is 2.45. The molecule has 1 rings (SSSR count). The molecule has 1 aromatic carbocycles. The maximum absolute atomic E-state index is 5.22. The number of nitrogens with zero attached hydrogens (tertiary/aromatic N) is 3. The maximum Gasteiger partial charge on any atom is 0.211 e. The van der Waals surface area contributed by atoms with E-state index in [0.29, 0.717) is 0 Å². The summed E-state index contributed by atoms with van der Waals surface area (Å²) in [5, 5.41) is 7.40. The first-order valence-electron chi connectivity index (χ1n) is 7.64. The molecular weight excluding hydrogens is 262 g/mol. The van der Waals surface area contributed by atoms with Gasteiger partial charge in [0, 0.05) is 18.8 Å². The van der Waals surface area contributed by atoms with Crippen LogP contribution in [0, 0.1) is 0 Å². The fourth-order valence-electron chi connectivity index (χ4n) is 2.00. The third-order valence-corrected chi connectivity index (χ3v) is 3.20. The van der Waals surface area contributed by atoms with Crippen LogP contribution in [0.5, 0.6) is 0 Å². The Morgan fingerprint density at radius 2 is 1.62 bits per heavy atom.